The van der Waals surface area contributed by atoms with Crippen LogP contribution >= 0.6 is 0 Å². The zero-order chi connectivity index (χ0) is 25.7. The average molecular weight is 514 g/mol. The van der Waals surface area contributed by atoms with Gasteiger partial charge in [0.15, 0.2) is 0 Å². The quantitative estimate of drug-likeness (QED) is 0.616. The predicted molar refractivity (Wildman–Crippen MR) is 96.7 cm³/mol. The minimum atomic E-state index is -6.13. The Labute approximate surface area is 190 Å². The van der Waals surface area contributed by atoms with E-state index in [0.29, 0.717) is 0 Å². The predicted octanol–water partition coefficient (Wildman–Crippen LogP) is 3.24. The first-order valence-electron chi connectivity index (χ1n) is 9.89. The van der Waals surface area contributed by atoms with E-state index in [1.165, 1.54) is 0 Å². The number of benzene rings is 1. The number of hydrogen-bond acceptors (Lipinski definition) is 6. The fraction of sp³-hybridized carbons (Fsp3) is 0.474. The Hall–Kier alpha value is -3.30. The van der Waals surface area contributed by atoms with Gasteiger partial charge in [-0.1, -0.05) is 0 Å². The van der Waals surface area contributed by atoms with Crippen molar-refractivity contribution in [2.75, 3.05) is 13.2 Å². The summed E-state index contributed by atoms with van der Waals surface area (Å²) in [5.74, 6) is -11.6. The van der Waals surface area contributed by atoms with Crippen molar-refractivity contribution in [2.45, 2.75) is 43.6 Å². The van der Waals surface area contributed by atoms with Gasteiger partial charge in [-0.2, -0.15) is 30.7 Å². The van der Waals surface area contributed by atoms with E-state index in [1.54, 1.807) is 5.32 Å². The van der Waals surface area contributed by atoms with Gasteiger partial charge in [-0.25, -0.2) is 4.39 Å². The molecule has 190 valence electrons. The fourth-order valence-corrected chi connectivity index (χ4v) is 3.80. The topological polar surface area (TPSA) is 97.6 Å². The van der Waals surface area contributed by atoms with Gasteiger partial charge >= 0.3 is 24.4 Å². The van der Waals surface area contributed by atoms with Gasteiger partial charge in [-0.3, -0.25) is 9.59 Å². The summed E-state index contributed by atoms with van der Waals surface area (Å²) in [7, 11) is 0. The highest BCUT2D eigenvalue weighted by Crippen LogP contribution is 2.37. The van der Waals surface area contributed by atoms with Crippen LogP contribution in [0.3, 0.4) is 0 Å². The second-order valence-corrected chi connectivity index (χ2v) is 7.75. The average Bonchev–Trinajstić information content (AvgIpc) is 3.39. The molecule has 8 nitrogen and oxygen atoms in total. The summed E-state index contributed by atoms with van der Waals surface area (Å²) in [6, 6.07) is -0.597. The van der Waals surface area contributed by atoms with Crippen LogP contribution in [-0.2, 0) is 16.1 Å². The molecule has 2 aromatic rings. The van der Waals surface area contributed by atoms with E-state index in [0.717, 1.165) is 17.0 Å². The summed E-state index contributed by atoms with van der Waals surface area (Å²) >= 11 is 0. The smallest absolute Gasteiger partial charge is 0.415 e. The van der Waals surface area contributed by atoms with E-state index < -0.39 is 66.6 Å². The Balaban J connectivity index is 1.58. The second kappa shape index (κ2) is 8.73. The molecular weight excluding hydrogens is 500 g/mol. The Morgan fingerprint density at radius 1 is 1.17 bits per heavy atom. The molecule has 4 rings (SSSR count). The zero-order valence-corrected chi connectivity index (χ0v) is 17.2. The Morgan fingerprint density at radius 2 is 1.89 bits per heavy atom. The summed E-state index contributed by atoms with van der Waals surface area (Å²) in [6.07, 6.45) is -9.41. The zero-order valence-electron chi connectivity index (χ0n) is 17.2. The molecule has 0 saturated carbocycles. The van der Waals surface area contributed by atoms with Crippen molar-refractivity contribution in [3.05, 3.63) is 35.0 Å². The highest BCUT2D eigenvalue weighted by Gasteiger charge is 2.64. The molecule has 2 amide bonds. The standard InChI is InChI=1S/C19H14F8N4O4/c20-10-4-7(14-29-30-15(35-14)13(21)22)3-8-9(10)5-31(16(8)32)12-6-34-2-1-11(12)28-17(33)18(23,24)19(25,26)27/h3-4,11-13H,1-2,5-6H2,(H,28,33)/t11-,12-/m1/s1. The first-order valence-corrected chi connectivity index (χ1v) is 9.89. The Morgan fingerprint density at radius 3 is 2.51 bits per heavy atom. The minimum absolute atomic E-state index is 0.101. The highest BCUT2D eigenvalue weighted by atomic mass is 19.4. The molecule has 0 spiro atoms. The van der Waals surface area contributed by atoms with E-state index in [2.05, 4.69) is 10.2 Å². The number of hydrogen-bond donors (Lipinski definition) is 1. The lowest BCUT2D eigenvalue weighted by Crippen LogP contribution is -2.61. The molecular formula is C19H14F8N4O4. The number of carbonyl (C=O) groups excluding carboxylic acids is 2. The van der Waals surface area contributed by atoms with Crippen molar-refractivity contribution in [1.29, 1.82) is 0 Å². The first kappa shape index (κ1) is 24.8. The number of rotatable bonds is 5. The molecule has 1 aromatic carbocycles. The van der Waals surface area contributed by atoms with Crippen LogP contribution in [0.4, 0.5) is 35.1 Å². The number of carbonyl (C=O) groups is 2. The van der Waals surface area contributed by atoms with Crippen LogP contribution in [-0.4, -0.2) is 64.3 Å². The molecule has 1 fully saturated rings. The van der Waals surface area contributed by atoms with Gasteiger partial charge in [0, 0.05) is 23.3 Å². The van der Waals surface area contributed by atoms with Crippen LogP contribution in [0.1, 0.15) is 34.7 Å². The minimum Gasteiger partial charge on any atom is -0.415 e. The maximum atomic E-state index is 14.8. The Bertz CT molecular complexity index is 1150. The molecule has 2 aliphatic heterocycles. The number of alkyl halides is 7. The molecule has 0 bridgehead atoms. The van der Waals surface area contributed by atoms with Crippen molar-refractivity contribution in [3.63, 3.8) is 0 Å². The van der Waals surface area contributed by atoms with E-state index in [4.69, 9.17) is 9.15 Å². The van der Waals surface area contributed by atoms with Crippen LogP contribution in [0, 0.1) is 5.82 Å². The molecule has 1 N–H and O–H groups in total. The number of fused-ring (bicyclic) bond motifs is 1. The number of nitrogens with zero attached hydrogens (tertiary/aromatic N) is 3. The van der Waals surface area contributed by atoms with Gasteiger partial charge in [0.25, 0.3) is 11.8 Å². The van der Waals surface area contributed by atoms with Crippen molar-refractivity contribution < 1.29 is 53.9 Å². The van der Waals surface area contributed by atoms with Crippen LogP contribution in [0.15, 0.2) is 16.5 Å². The van der Waals surface area contributed by atoms with Crippen LogP contribution in [0.5, 0.6) is 0 Å². The van der Waals surface area contributed by atoms with Crippen LogP contribution in [0.2, 0.25) is 0 Å². The molecule has 1 aromatic heterocycles. The maximum Gasteiger partial charge on any atom is 0.463 e. The molecule has 0 unspecified atom stereocenters. The molecule has 35 heavy (non-hydrogen) atoms. The molecule has 16 heteroatoms. The normalized spacial score (nSPS) is 20.9. The highest BCUT2D eigenvalue weighted by molar-refractivity contribution is 5.99. The van der Waals surface area contributed by atoms with Gasteiger partial charge in [-0.15, -0.1) is 10.2 Å². The van der Waals surface area contributed by atoms with Crippen LogP contribution < -0.4 is 5.32 Å². The number of aromatic nitrogens is 2. The number of halogens is 8. The van der Waals surface area contributed by atoms with Gasteiger partial charge in [-0.05, 0) is 18.6 Å². The van der Waals surface area contributed by atoms with Crippen LogP contribution in [0.25, 0.3) is 11.5 Å². The monoisotopic (exact) mass is 514 g/mol. The summed E-state index contributed by atoms with van der Waals surface area (Å²) in [5.41, 5.74) is -0.581. The van der Waals surface area contributed by atoms with E-state index >= 15 is 0 Å². The summed E-state index contributed by atoms with van der Waals surface area (Å²) < 4.78 is 115. The van der Waals surface area contributed by atoms with Gasteiger partial charge < -0.3 is 19.4 Å². The maximum absolute atomic E-state index is 14.8. The number of amides is 2. The fourth-order valence-electron chi connectivity index (χ4n) is 3.80. The molecule has 3 heterocycles. The van der Waals surface area contributed by atoms with Gasteiger partial charge in [0.1, 0.15) is 5.82 Å². The third kappa shape index (κ3) is 4.41. The number of ether oxygens (including phenoxy) is 1. The lowest BCUT2D eigenvalue weighted by atomic mass is 10.0. The molecule has 2 atom stereocenters. The Kier molecular flexibility index (Phi) is 6.19. The molecule has 0 radical (unpaired) electrons. The first-order chi connectivity index (χ1) is 16.3. The number of nitrogens with one attached hydrogen (secondary N) is 1. The van der Waals surface area contributed by atoms with Gasteiger partial charge in [0.05, 0.1) is 25.2 Å². The van der Waals surface area contributed by atoms with Crippen molar-refractivity contribution in [3.8, 4) is 11.5 Å². The van der Waals surface area contributed by atoms with E-state index in [-0.39, 0.29) is 36.3 Å². The summed E-state index contributed by atoms with van der Waals surface area (Å²) in [5, 5.41) is 8.12. The lowest BCUT2D eigenvalue weighted by molar-refractivity contribution is -0.270. The van der Waals surface area contributed by atoms with Crippen molar-refractivity contribution >= 4 is 11.8 Å². The molecule has 0 aliphatic carbocycles. The van der Waals surface area contributed by atoms with Gasteiger partial charge in [0.2, 0.25) is 5.89 Å². The summed E-state index contributed by atoms with van der Waals surface area (Å²) in [6.45, 7) is -0.850. The van der Waals surface area contributed by atoms with Crippen molar-refractivity contribution in [2.24, 2.45) is 0 Å². The summed E-state index contributed by atoms with van der Waals surface area (Å²) in [4.78, 5) is 25.7. The molecule has 1 saturated heterocycles. The molecule has 2 aliphatic rings. The largest absolute Gasteiger partial charge is 0.463 e. The third-order valence-corrected chi connectivity index (χ3v) is 5.57. The van der Waals surface area contributed by atoms with E-state index in [1.807, 2.05) is 0 Å². The van der Waals surface area contributed by atoms with Crippen molar-refractivity contribution in [1.82, 2.24) is 20.4 Å². The SMILES string of the molecule is O=C1c2cc(-c3nnc(C(F)F)o3)cc(F)c2CN1[C@@H]1COCC[C@H]1NC(=O)C(F)(F)C(F)(F)F. The van der Waals surface area contributed by atoms with E-state index in [9.17, 15) is 44.7 Å². The third-order valence-electron chi connectivity index (χ3n) is 5.57. The second-order valence-electron chi connectivity index (χ2n) is 7.75. The lowest BCUT2D eigenvalue weighted by Gasteiger charge is -2.38.